The first kappa shape index (κ1) is 12.4. The lowest BCUT2D eigenvalue weighted by atomic mass is 10.1. The molecule has 94 valence electrons. The van der Waals surface area contributed by atoms with Crippen LogP contribution in [-0.4, -0.2) is 32.7 Å². The number of methoxy groups -OCH3 is 1. The van der Waals surface area contributed by atoms with Crippen LogP contribution in [0, 0.1) is 0 Å². The van der Waals surface area contributed by atoms with Crippen LogP contribution in [0.15, 0.2) is 24.3 Å². The monoisotopic (exact) mass is 237 g/mol. The summed E-state index contributed by atoms with van der Waals surface area (Å²) in [5.41, 5.74) is 6.67. The first-order valence-corrected chi connectivity index (χ1v) is 5.92. The lowest BCUT2D eigenvalue weighted by Crippen LogP contribution is -2.17. The Morgan fingerprint density at radius 1 is 1.35 bits per heavy atom. The normalized spacial score (nSPS) is 23.9. The van der Waals surface area contributed by atoms with Crippen molar-refractivity contribution in [1.29, 1.82) is 0 Å². The molecule has 2 unspecified atom stereocenters. The Hall–Kier alpha value is -1.10. The highest BCUT2D eigenvalue weighted by molar-refractivity contribution is 5.27. The Bertz CT molecular complexity index is 339. The molecule has 2 atom stereocenters. The third kappa shape index (κ3) is 3.43. The maximum atomic E-state index is 5.73. The van der Waals surface area contributed by atoms with E-state index in [1.165, 1.54) is 5.56 Å². The lowest BCUT2D eigenvalue weighted by Gasteiger charge is -2.11. The third-order valence-corrected chi connectivity index (χ3v) is 2.86. The van der Waals surface area contributed by atoms with Gasteiger partial charge in [-0.05, 0) is 30.7 Å². The van der Waals surface area contributed by atoms with Crippen LogP contribution in [0.1, 0.15) is 12.0 Å². The summed E-state index contributed by atoms with van der Waals surface area (Å²) in [4.78, 5) is 0. The molecule has 1 heterocycles. The van der Waals surface area contributed by atoms with Gasteiger partial charge in [-0.1, -0.05) is 12.1 Å². The largest absolute Gasteiger partial charge is 0.497 e. The minimum atomic E-state index is -0.139. The molecule has 1 fully saturated rings. The van der Waals surface area contributed by atoms with Crippen LogP contribution < -0.4 is 10.5 Å². The van der Waals surface area contributed by atoms with E-state index in [1.807, 2.05) is 24.3 Å². The average Bonchev–Trinajstić information content (AvgIpc) is 2.78. The summed E-state index contributed by atoms with van der Waals surface area (Å²) in [6.07, 6.45) is 1.65. The van der Waals surface area contributed by atoms with Gasteiger partial charge in [0.05, 0.1) is 19.8 Å². The highest BCUT2D eigenvalue weighted by atomic mass is 16.7. The Kier molecular flexibility index (Phi) is 4.36. The summed E-state index contributed by atoms with van der Waals surface area (Å²) in [5.74, 6) is 0.864. The number of nitrogens with two attached hydrogens (primary N) is 1. The Balaban J connectivity index is 1.84. The minimum absolute atomic E-state index is 0.139. The molecule has 0 aliphatic carbocycles. The van der Waals surface area contributed by atoms with Crippen LogP contribution in [0.4, 0.5) is 0 Å². The molecule has 1 aliphatic rings. The Morgan fingerprint density at radius 3 is 2.76 bits per heavy atom. The van der Waals surface area contributed by atoms with Gasteiger partial charge in [-0.3, -0.25) is 0 Å². The SMILES string of the molecule is COc1ccc(CC2OCC(CCN)O2)cc1. The van der Waals surface area contributed by atoms with E-state index in [0.717, 1.165) is 18.6 Å². The fourth-order valence-electron chi connectivity index (χ4n) is 1.91. The standard InChI is InChI=1S/C13H19NO3/c1-15-11-4-2-10(3-5-11)8-13-16-9-12(17-13)6-7-14/h2-5,12-13H,6-9,14H2,1H3. The predicted molar refractivity (Wildman–Crippen MR) is 65.0 cm³/mol. The van der Waals surface area contributed by atoms with E-state index >= 15 is 0 Å². The van der Waals surface area contributed by atoms with Gasteiger partial charge in [0.1, 0.15) is 5.75 Å². The topological polar surface area (TPSA) is 53.7 Å². The van der Waals surface area contributed by atoms with Gasteiger partial charge >= 0.3 is 0 Å². The molecule has 2 N–H and O–H groups in total. The van der Waals surface area contributed by atoms with Crippen molar-refractivity contribution in [3.8, 4) is 5.75 Å². The van der Waals surface area contributed by atoms with Gasteiger partial charge < -0.3 is 19.9 Å². The van der Waals surface area contributed by atoms with Crippen LogP contribution in [-0.2, 0) is 15.9 Å². The third-order valence-electron chi connectivity index (χ3n) is 2.86. The molecule has 0 saturated carbocycles. The molecule has 17 heavy (non-hydrogen) atoms. The first-order chi connectivity index (χ1) is 8.31. The van der Waals surface area contributed by atoms with Gasteiger partial charge in [0.25, 0.3) is 0 Å². The quantitative estimate of drug-likeness (QED) is 0.839. The average molecular weight is 237 g/mol. The zero-order valence-corrected chi connectivity index (χ0v) is 10.1. The molecule has 0 radical (unpaired) electrons. The highest BCUT2D eigenvalue weighted by Crippen LogP contribution is 2.19. The molecule has 1 aromatic rings. The molecule has 1 aliphatic heterocycles. The van der Waals surface area contributed by atoms with Crippen LogP contribution in [0.25, 0.3) is 0 Å². The summed E-state index contributed by atoms with van der Waals surface area (Å²) >= 11 is 0. The summed E-state index contributed by atoms with van der Waals surface area (Å²) < 4.78 is 16.4. The molecule has 4 nitrogen and oxygen atoms in total. The van der Waals surface area contributed by atoms with Crippen LogP contribution in [0.3, 0.4) is 0 Å². The van der Waals surface area contributed by atoms with Crippen molar-refractivity contribution >= 4 is 0 Å². The summed E-state index contributed by atoms with van der Waals surface area (Å²) in [7, 11) is 1.66. The van der Waals surface area contributed by atoms with Crippen molar-refractivity contribution in [3.63, 3.8) is 0 Å². The number of benzene rings is 1. The molecule has 2 rings (SSSR count). The van der Waals surface area contributed by atoms with E-state index in [0.29, 0.717) is 13.2 Å². The molecule has 4 heteroatoms. The summed E-state index contributed by atoms with van der Waals surface area (Å²) in [6, 6.07) is 7.95. The molecule has 0 bridgehead atoms. The molecule has 0 spiro atoms. The zero-order valence-electron chi connectivity index (χ0n) is 10.1. The number of rotatable bonds is 5. The number of hydrogen-bond acceptors (Lipinski definition) is 4. The maximum absolute atomic E-state index is 5.73. The van der Waals surface area contributed by atoms with Gasteiger partial charge in [-0.25, -0.2) is 0 Å². The molecule has 1 saturated heterocycles. The summed E-state index contributed by atoms with van der Waals surface area (Å²) in [6.45, 7) is 1.29. The summed E-state index contributed by atoms with van der Waals surface area (Å²) in [5, 5.41) is 0. The van der Waals surface area contributed by atoms with Crippen molar-refractivity contribution in [1.82, 2.24) is 0 Å². The lowest BCUT2D eigenvalue weighted by molar-refractivity contribution is -0.0563. The second-order valence-corrected chi connectivity index (χ2v) is 4.15. The fourth-order valence-corrected chi connectivity index (χ4v) is 1.91. The van der Waals surface area contributed by atoms with E-state index < -0.39 is 0 Å². The van der Waals surface area contributed by atoms with E-state index in [1.54, 1.807) is 7.11 Å². The van der Waals surface area contributed by atoms with Crippen LogP contribution >= 0.6 is 0 Å². The van der Waals surface area contributed by atoms with Gasteiger partial charge in [0.15, 0.2) is 6.29 Å². The van der Waals surface area contributed by atoms with Gasteiger partial charge in [0.2, 0.25) is 0 Å². The molecule has 0 aromatic heterocycles. The van der Waals surface area contributed by atoms with E-state index in [-0.39, 0.29) is 12.4 Å². The highest BCUT2D eigenvalue weighted by Gasteiger charge is 2.25. The molecular formula is C13H19NO3. The Labute approximate surface area is 102 Å². The Morgan fingerprint density at radius 2 is 2.12 bits per heavy atom. The van der Waals surface area contributed by atoms with E-state index in [9.17, 15) is 0 Å². The minimum Gasteiger partial charge on any atom is -0.497 e. The van der Waals surface area contributed by atoms with Gasteiger partial charge in [0, 0.05) is 6.42 Å². The fraction of sp³-hybridized carbons (Fsp3) is 0.538. The van der Waals surface area contributed by atoms with Crippen molar-refractivity contribution in [3.05, 3.63) is 29.8 Å². The van der Waals surface area contributed by atoms with E-state index in [4.69, 9.17) is 19.9 Å². The van der Waals surface area contributed by atoms with Gasteiger partial charge in [-0.15, -0.1) is 0 Å². The molecular weight excluding hydrogens is 218 g/mol. The van der Waals surface area contributed by atoms with Crippen LogP contribution in [0.2, 0.25) is 0 Å². The first-order valence-electron chi connectivity index (χ1n) is 5.92. The van der Waals surface area contributed by atoms with Crippen molar-refractivity contribution in [2.45, 2.75) is 25.2 Å². The van der Waals surface area contributed by atoms with Crippen molar-refractivity contribution in [2.24, 2.45) is 5.73 Å². The zero-order chi connectivity index (χ0) is 12.1. The van der Waals surface area contributed by atoms with Crippen LogP contribution in [0.5, 0.6) is 5.75 Å². The predicted octanol–water partition coefficient (Wildman–Crippen LogP) is 1.33. The van der Waals surface area contributed by atoms with E-state index in [2.05, 4.69) is 0 Å². The van der Waals surface area contributed by atoms with Gasteiger partial charge in [-0.2, -0.15) is 0 Å². The number of ether oxygens (including phenoxy) is 3. The second-order valence-electron chi connectivity index (χ2n) is 4.15. The maximum Gasteiger partial charge on any atom is 0.162 e. The molecule has 0 amide bonds. The second kappa shape index (κ2) is 6.00. The van der Waals surface area contributed by atoms with Crippen molar-refractivity contribution in [2.75, 3.05) is 20.3 Å². The number of hydrogen-bond donors (Lipinski definition) is 1. The molecule has 1 aromatic carbocycles. The smallest absolute Gasteiger partial charge is 0.162 e. The van der Waals surface area contributed by atoms with Crippen molar-refractivity contribution < 1.29 is 14.2 Å².